The van der Waals surface area contributed by atoms with Crippen LogP contribution in [0.15, 0.2) is 8.47 Å². The van der Waals surface area contributed by atoms with Gasteiger partial charge < -0.3 is 0 Å². The van der Waals surface area contributed by atoms with E-state index in [0.717, 1.165) is 8.47 Å². The zero-order chi connectivity index (χ0) is 6.57. The molecule has 0 aliphatic carbocycles. The minimum atomic E-state index is 0.987. The van der Waals surface area contributed by atoms with Gasteiger partial charge in [-0.05, 0) is 12.5 Å². The van der Waals surface area contributed by atoms with Crippen LogP contribution in [0, 0.1) is 0 Å². The second-order valence-electron chi connectivity index (χ2n) is 1.02. The molecular formula is C4H8S4. The molecule has 0 saturated heterocycles. The number of rotatable bonds is 2. The second-order valence-corrected chi connectivity index (χ2v) is 4.15. The van der Waals surface area contributed by atoms with Crippen LogP contribution in [0.2, 0.25) is 0 Å². The quantitative estimate of drug-likeness (QED) is 0.633. The van der Waals surface area contributed by atoms with Crippen LogP contribution in [0.1, 0.15) is 0 Å². The summed E-state index contributed by atoms with van der Waals surface area (Å²) in [5, 5.41) is 0. The molecule has 0 aromatic heterocycles. The first-order valence-electron chi connectivity index (χ1n) is 1.92. The number of hydrogen-bond donors (Lipinski definition) is 2. The fourth-order valence-corrected chi connectivity index (χ4v) is 1.57. The lowest BCUT2D eigenvalue weighted by atomic mass is 11.2. The van der Waals surface area contributed by atoms with Gasteiger partial charge in [-0.25, -0.2) is 0 Å². The summed E-state index contributed by atoms with van der Waals surface area (Å²) in [6.07, 6.45) is 3.96. The van der Waals surface area contributed by atoms with Crippen molar-refractivity contribution in [3.63, 3.8) is 0 Å². The molecule has 0 rings (SSSR count). The maximum Gasteiger partial charge on any atom is 0.0566 e. The van der Waals surface area contributed by atoms with E-state index >= 15 is 0 Å². The molecule has 0 heterocycles. The largest absolute Gasteiger partial charge is 0.135 e. The summed E-state index contributed by atoms with van der Waals surface area (Å²) in [6.45, 7) is 0. The first kappa shape index (κ1) is 9.14. The summed E-state index contributed by atoms with van der Waals surface area (Å²) in [5.41, 5.74) is 0. The minimum Gasteiger partial charge on any atom is -0.135 e. The summed E-state index contributed by atoms with van der Waals surface area (Å²) >= 11 is 11.5. The molecule has 0 unspecified atom stereocenters. The van der Waals surface area contributed by atoms with E-state index in [1.807, 2.05) is 12.5 Å². The van der Waals surface area contributed by atoms with Crippen molar-refractivity contribution in [3.8, 4) is 0 Å². The molecule has 0 fully saturated rings. The summed E-state index contributed by atoms with van der Waals surface area (Å²) in [7, 11) is 0. The van der Waals surface area contributed by atoms with Gasteiger partial charge in [0.2, 0.25) is 0 Å². The Hall–Kier alpha value is 1.14. The molecule has 0 aliphatic heterocycles. The first-order chi connectivity index (χ1) is 3.72. The zero-order valence-corrected chi connectivity index (χ0v) is 8.13. The number of thioether (sulfide) groups is 2. The Kier molecular flexibility index (Phi) is 5.68. The lowest BCUT2D eigenvalue weighted by Crippen LogP contribution is -1.63. The van der Waals surface area contributed by atoms with Gasteiger partial charge in [-0.15, -0.1) is 48.8 Å². The topological polar surface area (TPSA) is 0 Å². The fourth-order valence-electron chi connectivity index (χ4n) is 0.175. The molecule has 8 heavy (non-hydrogen) atoms. The van der Waals surface area contributed by atoms with Gasteiger partial charge in [0.05, 0.1) is 8.47 Å². The van der Waals surface area contributed by atoms with Crippen LogP contribution in [-0.4, -0.2) is 12.5 Å². The monoisotopic (exact) mass is 184 g/mol. The van der Waals surface area contributed by atoms with E-state index in [1.165, 1.54) is 0 Å². The Labute approximate surface area is 69.7 Å². The molecular weight excluding hydrogens is 176 g/mol. The minimum absolute atomic E-state index is 0.987. The summed E-state index contributed by atoms with van der Waals surface area (Å²) in [5.74, 6) is 0. The van der Waals surface area contributed by atoms with Crippen molar-refractivity contribution < 1.29 is 0 Å². The van der Waals surface area contributed by atoms with Crippen molar-refractivity contribution in [2.24, 2.45) is 0 Å². The molecule has 0 aliphatic rings. The van der Waals surface area contributed by atoms with Crippen molar-refractivity contribution in [1.29, 1.82) is 0 Å². The van der Waals surface area contributed by atoms with E-state index in [0.29, 0.717) is 0 Å². The van der Waals surface area contributed by atoms with Crippen LogP contribution >= 0.6 is 48.8 Å². The van der Waals surface area contributed by atoms with E-state index in [9.17, 15) is 0 Å². The van der Waals surface area contributed by atoms with Crippen molar-refractivity contribution in [3.05, 3.63) is 8.47 Å². The van der Waals surface area contributed by atoms with E-state index < -0.39 is 0 Å². The van der Waals surface area contributed by atoms with Gasteiger partial charge in [-0.2, -0.15) is 0 Å². The van der Waals surface area contributed by atoms with Gasteiger partial charge in [0.15, 0.2) is 0 Å². The van der Waals surface area contributed by atoms with Crippen LogP contribution in [0.25, 0.3) is 0 Å². The summed E-state index contributed by atoms with van der Waals surface area (Å²) in [6, 6.07) is 0. The molecule has 48 valence electrons. The molecule has 0 N–H and O–H groups in total. The average Bonchev–Trinajstić information content (AvgIpc) is 1.84. The van der Waals surface area contributed by atoms with Crippen LogP contribution in [0.4, 0.5) is 0 Å². The fraction of sp³-hybridized carbons (Fsp3) is 0.500. The average molecular weight is 184 g/mol. The molecule has 4 heteroatoms. The van der Waals surface area contributed by atoms with Gasteiger partial charge >= 0.3 is 0 Å². The third-order valence-electron chi connectivity index (χ3n) is 0.570. The third-order valence-corrected chi connectivity index (χ3v) is 3.90. The molecule has 0 aromatic carbocycles. The van der Waals surface area contributed by atoms with Crippen molar-refractivity contribution in [1.82, 2.24) is 0 Å². The third kappa shape index (κ3) is 3.22. The Morgan fingerprint density at radius 3 is 1.38 bits per heavy atom. The van der Waals surface area contributed by atoms with Crippen molar-refractivity contribution in [2.75, 3.05) is 12.5 Å². The van der Waals surface area contributed by atoms with Gasteiger partial charge in [0.1, 0.15) is 0 Å². The molecule has 0 aromatic rings. The van der Waals surface area contributed by atoms with Gasteiger partial charge in [-0.1, -0.05) is 0 Å². The molecule has 0 amide bonds. The van der Waals surface area contributed by atoms with Crippen LogP contribution in [-0.2, 0) is 0 Å². The highest BCUT2D eigenvalue weighted by molar-refractivity contribution is 8.21. The molecule has 0 saturated carbocycles. The van der Waals surface area contributed by atoms with Crippen molar-refractivity contribution in [2.45, 2.75) is 0 Å². The molecule has 0 nitrogen and oxygen atoms in total. The molecule has 0 spiro atoms. The highest BCUT2D eigenvalue weighted by Crippen LogP contribution is 2.29. The van der Waals surface area contributed by atoms with Crippen LogP contribution in [0.5, 0.6) is 0 Å². The normalized spacial score (nSPS) is 13.5. The number of thiol groups is 2. The Morgan fingerprint density at radius 2 is 1.25 bits per heavy atom. The molecule has 0 radical (unpaired) electrons. The maximum absolute atomic E-state index is 4.15. The van der Waals surface area contributed by atoms with Crippen molar-refractivity contribution >= 4 is 48.8 Å². The SMILES string of the molecule is CS/C(S)=C(/S)SC. The Bertz CT molecular complexity index is 84.2. The first-order valence-corrected chi connectivity index (χ1v) is 5.27. The van der Waals surface area contributed by atoms with Gasteiger partial charge in [0, 0.05) is 0 Å². The van der Waals surface area contributed by atoms with Crippen LogP contribution < -0.4 is 0 Å². The highest BCUT2D eigenvalue weighted by atomic mass is 32.2. The van der Waals surface area contributed by atoms with E-state index in [-0.39, 0.29) is 0 Å². The molecule has 0 bridgehead atoms. The maximum atomic E-state index is 4.15. The summed E-state index contributed by atoms with van der Waals surface area (Å²) < 4.78 is 1.97. The highest BCUT2D eigenvalue weighted by Gasteiger charge is 1.92. The lowest BCUT2D eigenvalue weighted by Gasteiger charge is -1.96. The summed E-state index contributed by atoms with van der Waals surface area (Å²) in [4.78, 5) is 0. The predicted molar refractivity (Wildman–Crippen MR) is 52.0 cm³/mol. The zero-order valence-electron chi connectivity index (χ0n) is 4.71. The molecule has 0 atom stereocenters. The van der Waals surface area contributed by atoms with E-state index in [2.05, 4.69) is 25.3 Å². The van der Waals surface area contributed by atoms with E-state index in [1.54, 1.807) is 23.5 Å². The standard InChI is InChI=1S/C4H8S4/c1-7-3(5)4(6)8-2/h5-6H,1-2H3/b4-3-. The second kappa shape index (κ2) is 4.97. The smallest absolute Gasteiger partial charge is 0.0566 e. The van der Waals surface area contributed by atoms with Crippen LogP contribution in [0.3, 0.4) is 0 Å². The number of hydrogen-bond acceptors (Lipinski definition) is 4. The Balaban J connectivity index is 3.83. The predicted octanol–water partition coefficient (Wildman–Crippen LogP) is 2.70. The van der Waals surface area contributed by atoms with Gasteiger partial charge in [0.25, 0.3) is 0 Å². The van der Waals surface area contributed by atoms with Gasteiger partial charge in [-0.3, -0.25) is 0 Å². The van der Waals surface area contributed by atoms with E-state index in [4.69, 9.17) is 0 Å². The lowest BCUT2D eigenvalue weighted by molar-refractivity contribution is 2.30. The Morgan fingerprint density at radius 1 is 1.00 bits per heavy atom.